The second-order valence-corrected chi connectivity index (χ2v) is 7.07. The molecule has 1 saturated carbocycles. The van der Waals surface area contributed by atoms with Crippen LogP contribution in [0.2, 0.25) is 0 Å². The van der Waals surface area contributed by atoms with Crippen molar-refractivity contribution < 1.29 is 4.39 Å². The predicted octanol–water partition coefficient (Wildman–Crippen LogP) is 5.53. The van der Waals surface area contributed by atoms with E-state index in [1.54, 1.807) is 6.07 Å². The average molecular weight is 357 g/mol. The van der Waals surface area contributed by atoms with Crippen molar-refractivity contribution in [2.24, 2.45) is 0 Å². The first kappa shape index (κ1) is 17.9. The molecule has 25 heavy (non-hydrogen) atoms. The number of aryl methyl sites for hydroxylation is 1. The number of halogens is 1. The van der Waals surface area contributed by atoms with Crippen LogP contribution in [0.5, 0.6) is 0 Å². The van der Waals surface area contributed by atoms with E-state index in [1.807, 2.05) is 12.1 Å². The average Bonchev–Trinajstić information content (AvgIpc) is 3.45. The van der Waals surface area contributed by atoms with E-state index in [0.29, 0.717) is 23.3 Å². The highest BCUT2D eigenvalue weighted by Crippen LogP contribution is 2.29. The van der Waals surface area contributed by atoms with Crippen molar-refractivity contribution in [1.82, 2.24) is 4.90 Å². The lowest BCUT2D eigenvalue weighted by atomic mass is 10.1. The minimum absolute atomic E-state index is 0.170. The van der Waals surface area contributed by atoms with Gasteiger partial charge in [-0.15, -0.1) is 0 Å². The molecule has 1 fully saturated rings. The molecule has 0 amide bonds. The lowest BCUT2D eigenvalue weighted by molar-refractivity contribution is 0.400. The molecule has 1 aliphatic rings. The van der Waals surface area contributed by atoms with Crippen molar-refractivity contribution in [2.75, 3.05) is 5.32 Å². The van der Waals surface area contributed by atoms with Gasteiger partial charge in [-0.1, -0.05) is 43.7 Å². The highest BCUT2D eigenvalue weighted by Gasteiger charge is 2.31. The van der Waals surface area contributed by atoms with Gasteiger partial charge < -0.3 is 10.2 Å². The number of anilines is 1. The van der Waals surface area contributed by atoms with Crippen molar-refractivity contribution in [1.29, 1.82) is 0 Å². The summed E-state index contributed by atoms with van der Waals surface area (Å²) >= 11 is 5.61. The van der Waals surface area contributed by atoms with Crippen LogP contribution in [0.1, 0.15) is 43.7 Å². The second kappa shape index (κ2) is 8.43. The number of nitrogens with zero attached hydrogens (tertiary/aromatic N) is 1. The van der Waals surface area contributed by atoms with Crippen LogP contribution in [-0.4, -0.2) is 16.1 Å². The topological polar surface area (TPSA) is 15.3 Å². The number of hydrogen-bond acceptors (Lipinski definition) is 1. The van der Waals surface area contributed by atoms with E-state index < -0.39 is 0 Å². The first-order valence-electron chi connectivity index (χ1n) is 9.07. The Kier molecular flexibility index (Phi) is 6.03. The summed E-state index contributed by atoms with van der Waals surface area (Å²) in [6.07, 6.45) is 5.76. The quantitative estimate of drug-likeness (QED) is 0.657. The molecule has 2 aromatic carbocycles. The van der Waals surface area contributed by atoms with Gasteiger partial charge in [-0.05, 0) is 61.7 Å². The number of hydrogen-bond donors (Lipinski definition) is 1. The lowest BCUT2D eigenvalue weighted by Crippen LogP contribution is -2.36. The second-order valence-electron chi connectivity index (χ2n) is 6.68. The number of benzene rings is 2. The van der Waals surface area contributed by atoms with Gasteiger partial charge in [0.25, 0.3) is 0 Å². The summed E-state index contributed by atoms with van der Waals surface area (Å²) in [4.78, 5) is 2.11. The maximum absolute atomic E-state index is 14.0. The summed E-state index contributed by atoms with van der Waals surface area (Å²) < 4.78 is 14.0. The molecular weight excluding hydrogens is 331 g/mol. The molecule has 2 aromatic rings. The molecule has 0 aliphatic heterocycles. The Morgan fingerprint density at radius 3 is 2.52 bits per heavy atom. The molecule has 0 spiro atoms. The number of unbranched alkanes of at least 4 members (excludes halogenated alkanes) is 1. The van der Waals surface area contributed by atoms with Crippen LogP contribution in [0.25, 0.3) is 0 Å². The fraction of sp³-hybridized carbons (Fsp3) is 0.381. The maximum atomic E-state index is 14.0. The van der Waals surface area contributed by atoms with Crippen molar-refractivity contribution in [3.63, 3.8) is 0 Å². The van der Waals surface area contributed by atoms with Crippen LogP contribution >= 0.6 is 12.2 Å². The maximum Gasteiger partial charge on any atom is 0.173 e. The molecule has 3 rings (SSSR count). The van der Waals surface area contributed by atoms with Gasteiger partial charge in [-0.3, -0.25) is 0 Å². The fourth-order valence-electron chi connectivity index (χ4n) is 2.89. The highest BCUT2D eigenvalue weighted by atomic mass is 32.1. The lowest BCUT2D eigenvalue weighted by Gasteiger charge is -2.26. The molecule has 0 unspecified atom stereocenters. The molecule has 132 valence electrons. The highest BCUT2D eigenvalue weighted by molar-refractivity contribution is 7.80. The van der Waals surface area contributed by atoms with Crippen molar-refractivity contribution in [3.8, 4) is 0 Å². The molecule has 0 bridgehead atoms. The predicted molar refractivity (Wildman–Crippen MR) is 106 cm³/mol. The van der Waals surface area contributed by atoms with E-state index in [0.717, 1.165) is 24.9 Å². The number of thiocarbonyl (C=S) groups is 1. The third-order valence-electron chi connectivity index (χ3n) is 4.57. The summed E-state index contributed by atoms with van der Waals surface area (Å²) in [6, 6.07) is 15.8. The van der Waals surface area contributed by atoms with Crippen LogP contribution in [0.4, 0.5) is 10.1 Å². The van der Waals surface area contributed by atoms with E-state index in [9.17, 15) is 4.39 Å². The van der Waals surface area contributed by atoms with Gasteiger partial charge in [-0.2, -0.15) is 0 Å². The Morgan fingerprint density at radius 2 is 1.88 bits per heavy atom. The van der Waals surface area contributed by atoms with Gasteiger partial charge in [0, 0.05) is 23.8 Å². The van der Waals surface area contributed by atoms with Crippen molar-refractivity contribution in [3.05, 3.63) is 65.5 Å². The van der Waals surface area contributed by atoms with Gasteiger partial charge in [0.05, 0.1) is 0 Å². The van der Waals surface area contributed by atoms with Gasteiger partial charge >= 0.3 is 0 Å². The molecule has 0 radical (unpaired) electrons. The fourth-order valence-corrected chi connectivity index (χ4v) is 3.23. The van der Waals surface area contributed by atoms with Gasteiger partial charge in [0.2, 0.25) is 0 Å². The first-order valence-corrected chi connectivity index (χ1v) is 9.48. The Morgan fingerprint density at radius 1 is 1.16 bits per heavy atom. The van der Waals surface area contributed by atoms with E-state index in [2.05, 4.69) is 41.4 Å². The standard InChI is InChI=1S/C21H25FN2S/c1-2-3-6-16-9-11-18(12-10-16)23-21(25)24(19-13-14-19)15-17-7-4-5-8-20(17)22/h4-5,7-12,19H,2-3,6,13-15H2,1H3,(H,23,25). The Bertz CT molecular complexity index is 710. The van der Waals surface area contributed by atoms with E-state index in [-0.39, 0.29) is 5.82 Å². The molecule has 0 saturated heterocycles. The van der Waals surface area contributed by atoms with Crippen molar-refractivity contribution in [2.45, 2.75) is 51.6 Å². The molecule has 2 nitrogen and oxygen atoms in total. The minimum Gasteiger partial charge on any atom is -0.342 e. The molecule has 0 atom stereocenters. The summed E-state index contributed by atoms with van der Waals surface area (Å²) in [7, 11) is 0. The monoisotopic (exact) mass is 356 g/mol. The van der Waals surface area contributed by atoms with Gasteiger partial charge in [0.1, 0.15) is 5.82 Å². The first-order chi connectivity index (χ1) is 12.2. The molecular formula is C21H25FN2S. The minimum atomic E-state index is -0.170. The molecule has 0 heterocycles. The van der Waals surface area contributed by atoms with Crippen LogP contribution in [0.3, 0.4) is 0 Å². The molecule has 1 aliphatic carbocycles. The van der Waals surface area contributed by atoms with Gasteiger partial charge in [0.15, 0.2) is 5.11 Å². The molecule has 4 heteroatoms. The SMILES string of the molecule is CCCCc1ccc(NC(=S)N(Cc2ccccc2F)C2CC2)cc1. The van der Waals surface area contributed by atoms with E-state index in [4.69, 9.17) is 12.2 Å². The molecule has 1 N–H and O–H groups in total. The zero-order valence-corrected chi connectivity index (χ0v) is 15.5. The Labute approximate surface area is 155 Å². The Balaban J connectivity index is 1.64. The Hall–Kier alpha value is -1.94. The zero-order chi connectivity index (χ0) is 17.6. The van der Waals surface area contributed by atoms with Crippen LogP contribution in [0.15, 0.2) is 48.5 Å². The van der Waals surface area contributed by atoms with E-state index in [1.165, 1.54) is 24.5 Å². The largest absolute Gasteiger partial charge is 0.342 e. The van der Waals surface area contributed by atoms with Crippen LogP contribution in [0, 0.1) is 5.82 Å². The smallest absolute Gasteiger partial charge is 0.173 e. The normalized spacial score (nSPS) is 13.5. The summed E-state index contributed by atoms with van der Waals surface area (Å²) in [5.74, 6) is -0.170. The number of rotatable bonds is 7. The van der Waals surface area contributed by atoms with Crippen LogP contribution < -0.4 is 5.32 Å². The summed E-state index contributed by atoms with van der Waals surface area (Å²) in [6.45, 7) is 2.72. The number of nitrogens with one attached hydrogen (secondary N) is 1. The summed E-state index contributed by atoms with van der Waals surface area (Å²) in [5, 5.41) is 3.99. The van der Waals surface area contributed by atoms with Gasteiger partial charge in [-0.25, -0.2) is 4.39 Å². The van der Waals surface area contributed by atoms with Crippen molar-refractivity contribution >= 4 is 23.0 Å². The zero-order valence-electron chi connectivity index (χ0n) is 14.7. The third-order valence-corrected chi connectivity index (χ3v) is 4.91. The summed E-state index contributed by atoms with van der Waals surface area (Å²) in [5.41, 5.74) is 3.03. The van der Waals surface area contributed by atoms with Crippen LogP contribution in [-0.2, 0) is 13.0 Å². The third kappa shape index (κ3) is 5.02. The molecule has 0 aromatic heterocycles. The van der Waals surface area contributed by atoms with E-state index >= 15 is 0 Å².